The SMILES string of the molecule is O=C(Nc1ccc(Cl)c(-c2ccc3cnccc3n2)c1)c1ccc(N2CCCS2=O)cc1. The maximum atomic E-state index is 12.8. The topological polar surface area (TPSA) is 75.2 Å². The van der Waals surface area contributed by atoms with Crippen LogP contribution in [0, 0.1) is 0 Å². The number of hydrogen-bond acceptors (Lipinski definition) is 4. The number of nitrogens with zero attached hydrogens (tertiary/aromatic N) is 3. The second-order valence-corrected chi connectivity index (χ2v) is 9.34. The molecule has 1 fully saturated rings. The molecule has 1 unspecified atom stereocenters. The van der Waals surface area contributed by atoms with E-state index in [0.717, 1.165) is 35.1 Å². The number of halogens is 1. The van der Waals surface area contributed by atoms with Crippen LogP contribution in [0.15, 0.2) is 73.1 Å². The fourth-order valence-electron chi connectivity index (χ4n) is 3.69. The summed E-state index contributed by atoms with van der Waals surface area (Å²) in [7, 11) is -0.982. The quantitative estimate of drug-likeness (QED) is 0.459. The zero-order chi connectivity index (χ0) is 22.1. The highest BCUT2D eigenvalue weighted by atomic mass is 35.5. The monoisotopic (exact) mass is 462 g/mol. The summed E-state index contributed by atoms with van der Waals surface area (Å²) in [6.07, 6.45) is 4.37. The number of fused-ring (bicyclic) bond motifs is 1. The lowest BCUT2D eigenvalue weighted by Crippen LogP contribution is -2.19. The van der Waals surface area contributed by atoms with Gasteiger partial charge in [0.15, 0.2) is 0 Å². The molecule has 0 spiro atoms. The molecular formula is C24H19ClN4O2S. The van der Waals surface area contributed by atoms with Crippen molar-refractivity contribution in [1.29, 1.82) is 0 Å². The Bertz CT molecular complexity index is 1340. The summed E-state index contributed by atoms with van der Waals surface area (Å²) in [4.78, 5) is 21.6. The van der Waals surface area contributed by atoms with Crippen molar-refractivity contribution in [2.75, 3.05) is 21.9 Å². The van der Waals surface area contributed by atoms with Crippen LogP contribution in [0.2, 0.25) is 5.02 Å². The van der Waals surface area contributed by atoms with Crippen LogP contribution in [0.1, 0.15) is 16.8 Å². The van der Waals surface area contributed by atoms with Gasteiger partial charge < -0.3 is 5.32 Å². The zero-order valence-corrected chi connectivity index (χ0v) is 18.6. The lowest BCUT2D eigenvalue weighted by molar-refractivity contribution is 0.102. The van der Waals surface area contributed by atoms with Gasteiger partial charge in [0.2, 0.25) is 0 Å². The van der Waals surface area contributed by atoms with Gasteiger partial charge in [-0.2, -0.15) is 0 Å². The van der Waals surface area contributed by atoms with Gasteiger partial charge in [0.05, 0.1) is 16.2 Å². The van der Waals surface area contributed by atoms with Crippen LogP contribution in [0.5, 0.6) is 0 Å². The number of aromatic nitrogens is 2. The van der Waals surface area contributed by atoms with Crippen molar-refractivity contribution >= 4 is 50.8 Å². The normalized spacial score (nSPS) is 15.8. The van der Waals surface area contributed by atoms with E-state index in [1.807, 2.05) is 40.7 Å². The number of benzene rings is 2. The van der Waals surface area contributed by atoms with Crippen LogP contribution in [0.25, 0.3) is 22.2 Å². The number of nitrogens with one attached hydrogen (secondary N) is 1. The van der Waals surface area contributed by atoms with Gasteiger partial charge in [0, 0.05) is 52.6 Å². The number of carbonyl (C=O) groups is 1. The van der Waals surface area contributed by atoms with Gasteiger partial charge in [-0.15, -0.1) is 0 Å². The molecule has 8 heteroatoms. The molecule has 32 heavy (non-hydrogen) atoms. The molecular weight excluding hydrogens is 444 g/mol. The maximum Gasteiger partial charge on any atom is 0.255 e. The van der Waals surface area contributed by atoms with Crippen molar-refractivity contribution in [3.63, 3.8) is 0 Å². The second-order valence-electron chi connectivity index (χ2n) is 7.44. The summed E-state index contributed by atoms with van der Waals surface area (Å²) in [5.74, 6) is 0.453. The first-order valence-electron chi connectivity index (χ1n) is 10.2. The lowest BCUT2D eigenvalue weighted by atomic mass is 10.1. The van der Waals surface area contributed by atoms with Gasteiger partial charge in [-0.3, -0.25) is 14.1 Å². The molecule has 0 saturated carbocycles. The lowest BCUT2D eigenvalue weighted by Gasteiger charge is -2.16. The van der Waals surface area contributed by atoms with E-state index < -0.39 is 11.0 Å². The molecule has 2 aromatic heterocycles. The average Bonchev–Trinajstić information content (AvgIpc) is 3.26. The van der Waals surface area contributed by atoms with E-state index in [1.54, 1.807) is 36.7 Å². The number of amides is 1. The molecule has 1 aliphatic rings. The van der Waals surface area contributed by atoms with E-state index in [0.29, 0.717) is 27.7 Å². The van der Waals surface area contributed by atoms with E-state index in [2.05, 4.69) is 15.3 Å². The first-order chi connectivity index (χ1) is 15.6. The molecule has 1 amide bonds. The minimum Gasteiger partial charge on any atom is -0.322 e. The number of pyridine rings is 2. The fraction of sp³-hybridized carbons (Fsp3) is 0.125. The van der Waals surface area contributed by atoms with E-state index in [9.17, 15) is 9.00 Å². The molecule has 1 aliphatic heterocycles. The Morgan fingerprint density at radius 3 is 2.69 bits per heavy atom. The highest BCUT2D eigenvalue weighted by Crippen LogP contribution is 2.31. The molecule has 160 valence electrons. The van der Waals surface area contributed by atoms with E-state index >= 15 is 0 Å². The van der Waals surface area contributed by atoms with Crippen molar-refractivity contribution in [2.24, 2.45) is 0 Å². The third-order valence-corrected chi connectivity index (χ3v) is 7.19. The Balaban J connectivity index is 1.37. The van der Waals surface area contributed by atoms with Crippen LogP contribution in [0.3, 0.4) is 0 Å². The summed E-state index contributed by atoms with van der Waals surface area (Å²) in [5.41, 5.74) is 4.27. The standard InChI is InChI=1S/C24H19ClN4O2S/c25-21-8-5-18(14-20(21)23-9-4-17-15-26-11-10-22(17)28-23)27-24(30)16-2-6-19(7-3-16)29-12-1-13-32(29)31/h2-11,14-15H,1,12-13H2,(H,27,30). The molecule has 1 N–H and O–H groups in total. The smallest absolute Gasteiger partial charge is 0.255 e. The Hall–Kier alpha value is -3.29. The first kappa shape index (κ1) is 20.6. The Morgan fingerprint density at radius 2 is 1.91 bits per heavy atom. The second kappa shape index (κ2) is 8.68. The number of rotatable bonds is 4. The molecule has 1 atom stereocenters. The maximum absolute atomic E-state index is 12.8. The van der Waals surface area contributed by atoms with Crippen LogP contribution in [-0.4, -0.2) is 32.4 Å². The molecule has 2 aromatic carbocycles. The van der Waals surface area contributed by atoms with Gasteiger partial charge in [-0.25, -0.2) is 9.19 Å². The van der Waals surface area contributed by atoms with Crippen molar-refractivity contribution in [3.8, 4) is 11.3 Å². The molecule has 0 bridgehead atoms. The summed E-state index contributed by atoms with van der Waals surface area (Å²) >= 11 is 6.43. The average molecular weight is 463 g/mol. The molecule has 0 radical (unpaired) electrons. The van der Waals surface area contributed by atoms with Crippen molar-refractivity contribution in [1.82, 2.24) is 9.97 Å². The van der Waals surface area contributed by atoms with Gasteiger partial charge in [-0.05, 0) is 67.1 Å². The molecule has 6 nitrogen and oxygen atoms in total. The summed E-state index contributed by atoms with van der Waals surface area (Å²) in [6, 6.07) is 18.2. The summed E-state index contributed by atoms with van der Waals surface area (Å²) < 4.78 is 13.9. The van der Waals surface area contributed by atoms with Crippen LogP contribution in [-0.2, 0) is 11.0 Å². The van der Waals surface area contributed by atoms with Crippen LogP contribution < -0.4 is 9.62 Å². The van der Waals surface area contributed by atoms with Crippen LogP contribution >= 0.6 is 11.6 Å². The zero-order valence-electron chi connectivity index (χ0n) is 17.0. The first-order valence-corrected chi connectivity index (χ1v) is 11.8. The molecule has 3 heterocycles. The fourth-order valence-corrected chi connectivity index (χ4v) is 5.19. The van der Waals surface area contributed by atoms with Crippen molar-refractivity contribution in [2.45, 2.75) is 6.42 Å². The highest BCUT2D eigenvalue weighted by Gasteiger charge is 2.20. The largest absolute Gasteiger partial charge is 0.322 e. The number of hydrogen-bond donors (Lipinski definition) is 1. The third-order valence-electron chi connectivity index (χ3n) is 5.33. The molecule has 4 aromatic rings. The van der Waals surface area contributed by atoms with Crippen molar-refractivity contribution < 1.29 is 9.00 Å². The Labute approximate surface area is 192 Å². The van der Waals surface area contributed by atoms with Gasteiger partial charge >= 0.3 is 0 Å². The summed E-state index contributed by atoms with van der Waals surface area (Å²) in [6.45, 7) is 0.769. The third kappa shape index (κ3) is 4.09. The van der Waals surface area contributed by atoms with Crippen molar-refractivity contribution in [3.05, 3.63) is 83.6 Å². The predicted octanol–water partition coefficient (Wildman–Crippen LogP) is 5.08. The van der Waals surface area contributed by atoms with Gasteiger partial charge in [-0.1, -0.05) is 11.6 Å². The Morgan fingerprint density at radius 1 is 1.06 bits per heavy atom. The summed E-state index contributed by atoms with van der Waals surface area (Å²) in [5, 5.41) is 4.41. The van der Waals surface area contributed by atoms with Gasteiger partial charge in [0.25, 0.3) is 5.91 Å². The predicted molar refractivity (Wildman–Crippen MR) is 129 cm³/mol. The van der Waals surface area contributed by atoms with E-state index in [4.69, 9.17) is 11.6 Å². The number of anilines is 2. The minimum absolute atomic E-state index is 0.232. The molecule has 1 saturated heterocycles. The van der Waals surface area contributed by atoms with Gasteiger partial charge in [0.1, 0.15) is 11.0 Å². The Kier molecular flexibility index (Phi) is 5.59. The number of carbonyl (C=O) groups excluding carboxylic acids is 1. The highest BCUT2D eigenvalue weighted by molar-refractivity contribution is 7.86. The molecule has 5 rings (SSSR count). The molecule has 0 aliphatic carbocycles. The van der Waals surface area contributed by atoms with E-state index in [1.165, 1.54) is 0 Å². The van der Waals surface area contributed by atoms with Crippen LogP contribution in [0.4, 0.5) is 11.4 Å². The van der Waals surface area contributed by atoms with E-state index in [-0.39, 0.29) is 5.91 Å². The minimum atomic E-state index is -0.982.